The lowest BCUT2D eigenvalue weighted by atomic mass is 9.94. The lowest BCUT2D eigenvalue weighted by Crippen LogP contribution is -2.44. The fraction of sp³-hybridized carbons (Fsp3) is 0.385. The van der Waals surface area contributed by atoms with Crippen LogP contribution < -0.4 is 10.6 Å². The quantitative estimate of drug-likeness (QED) is 0.421. The lowest BCUT2D eigenvalue weighted by Gasteiger charge is -2.32. The van der Waals surface area contributed by atoms with E-state index in [4.69, 9.17) is 20.2 Å². The summed E-state index contributed by atoms with van der Waals surface area (Å²) in [5.74, 6) is -0.734. The predicted molar refractivity (Wildman–Crippen MR) is 139 cm³/mol. The van der Waals surface area contributed by atoms with Crippen molar-refractivity contribution in [2.75, 3.05) is 50.0 Å². The molecule has 3 aliphatic rings. The number of hydrogen-bond donors (Lipinski definition) is 1. The maximum atomic E-state index is 16.5. The number of ether oxygens (including phenoxy) is 2. The van der Waals surface area contributed by atoms with Crippen molar-refractivity contribution in [3.05, 3.63) is 40.7 Å². The molecular weight excluding hydrogens is 512 g/mol. The second-order valence-electron chi connectivity index (χ2n) is 9.72. The third kappa shape index (κ3) is 3.54. The Labute approximate surface area is 220 Å². The van der Waals surface area contributed by atoms with Gasteiger partial charge >= 0.3 is 0 Å². The van der Waals surface area contributed by atoms with Crippen LogP contribution >= 0.6 is 11.3 Å². The van der Waals surface area contributed by atoms with Crippen LogP contribution in [0.25, 0.3) is 32.2 Å². The minimum absolute atomic E-state index is 0.0914. The zero-order valence-electron chi connectivity index (χ0n) is 20.3. The van der Waals surface area contributed by atoms with Crippen molar-refractivity contribution in [3.8, 4) is 17.3 Å². The number of fused-ring (bicyclic) bond motifs is 4. The maximum Gasteiger partial charge on any atom is 0.226 e. The van der Waals surface area contributed by atoms with Crippen molar-refractivity contribution in [1.82, 2.24) is 19.9 Å². The number of benzene rings is 1. The molecule has 1 atom stereocenters. The van der Waals surface area contributed by atoms with E-state index in [9.17, 15) is 9.65 Å². The summed E-state index contributed by atoms with van der Waals surface area (Å²) in [7, 11) is 0. The van der Waals surface area contributed by atoms with Gasteiger partial charge in [0.05, 0.1) is 48.6 Å². The Hall–Kier alpha value is -3.50. The van der Waals surface area contributed by atoms with Crippen LogP contribution in [0.2, 0.25) is 0 Å². The summed E-state index contributed by atoms with van der Waals surface area (Å²) in [6, 6.07) is 2.41. The number of anilines is 2. The number of nitrogens with zero attached hydrogens (tertiary/aromatic N) is 6. The molecule has 6 heterocycles. The fourth-order valence-corrected chi connectivity index (χ4v) is 6.78. The van der Waals surface area contributed by atoms with E-state index in [0.717, 1.165) is 68.9 Å². The first kappa shape index (κ1) is 23.6. The average molecular weight is 536 g/mol. The highest BCUT2D eigenvalue weighted by atomic mass is 32.1. The molecule has 0 saturated carbocycles. The largest absolute Gasteiger partial charge is 0.389 e. The first-order chi connectivity index (χ1) is 18.5. The molecule has 2 N–H and O–H groups in total. The number of hydrogen-bond acceptors (Lipinski definition) is 10. The second-order valence-corrected chi connectivity index (χ2v) is 10.8. The van der Waals surface area contributed by atoms with E-state index in [1.54, 1.807) is 6.20 Å². The molecule has 1 unspecified atom stereocenters. The molecule has 2 saturated heterocycles. The average Bonchev–Trinajstić information content (AvgIpc) is 3.69. The maximum absolute atomic E-state index is 16.5. The number of rotatable bonds is 3. The van der Waals surface area contributed by atoms with Gasteiger partial charge in [-0.3, -0.25) is 9.88 Å². The minimum atomic E-state index is -0.607. The predicted octanol–water partition coefficient (Wildman–Crippen LogP) is 3.58. The normalized spacial score (nSPS) is 19.9. The Morgan fingerprint density at radius 2 is 1.89 bits per heavy atom. The molecule has 0 aliphatic carbocycles. The van der Waals surface area contributed by atoms with E-state index in [-0.39, 0.29) is 50.6 Å². The first-order valence-electron chi connectivity index (χ1n) is 12.5. The number of morpholine rings is 1. The van der Waals surface area contributed by atoms with Crippen LogP contribution in [-0.2, 0) is 22.7 Å². The molecule has 0 bridgehead atoms. The molecule has 38 heavy (non-hydrogen) atoms. The summed E-state index contributed by atoms with van der Waals surface area (Å²) >= 11 is 0.955. The Morgan fingerprint density at radius 1 is 1.08 bits per heavy atom. The van der Waals surface area contributed by atoms with Gasteiger partial charge in [-0.25, -0.2) is 18.7 Å². The molecule has 3 aromatic heterocycles. The van der Waals surface area contributed by atoms with Crippen LogP contribution in [0.5, 0.6) is 0 Å². The van der Waals surface area contributed by atoms with Crippen LogP contribution in [-0.4, -0.2) is 65.3 Å². The van der Waals surface area contributed by atoms with Gasteiger partial charge in [0.25, 0.3) is 0 Å². The highest BCUT2D eigenvalue weighted by Gasteiger charge is 2.32. The molecule has 0 amide bonds. The summed E-state index contributed by atoms with van der Waals surface area (Å²) in [5, 5.41) is 10.7. The third-order valence-corrected chi connectivity index (χ3v) is 8.77. The van der Waals surface area contributed by atoms with E-state index in [2.05, 4.69) is 19.8 Å². The zero-order chi connectivity index (χ0) is 26.0. The topological polar surface area (TPSA) is 113 Å². The van der Waals surface area contributed by atoms with Crippen LogP contribution in [0.3, 0.4) is 0 Å². The Morgan fingerprint density at radius 3 is 2.71 bits per heavy atom. The molecular formula is C26H23F2N7O2S. The molecule has 9 nitrogen and oxygen atoms in total. The van der Waals surface area contributed by atoms with Gasteiger partial charge in [-0.15, -0.1) is 11.3 Å². The molecule has 12 heteroatoms. The Kier molecular flexibility index (Phi) is 5.63. The summed E-state index contributed by atoms with van der Waals surface area (Å²) in [6.45, 7) is 5.23. The van der Waals surface area contributed by atoms with E-state index >= 15 is 4.39 Å². The fourth-order valence-electron chi connectivity index (χ4n) is 5.86. The molecule has 194 valence electrons. The molecule has 3 aliphatic heterocycles. The van der Waals surface area contributed by atoms with E-state index in [1.165, 1.54) is 0 Å². The van der Waals surface area contributed by atoms with Crippen molar-refractivity contribution < 1.29 is 18.3 Å². The van der Waals surface area contributed by atoms with Crippen LogP contribution in [0.1, 0.15) is 23.1 Å². The summed E-state index contributed by atoms with van der Waals surface area (Å²) < 4.78 is 42.5. The molecule has 0 radical (unpaired) electrons. The van der Waals surface area contributed by atoms with Gasteiger partial charge in [-0.2, -0.15) is 5.26 Å². The van der Waals surface area contributed by atoms with E-state index < -0.39 is 11.6 Å². The zero-order valence-corrected chi connectivity index (χ0v) is 21.2. The van der Waals surface area contributed by atoms with Gasteiger partial charge in [0.1, 0.15) is 16.6 Å². The van der Waals surface area contributed by atoms with Gasteiger partial charge in [-0.05, 0) is 17.5 Å². The number of nitrogens with two attached hydrogens (primary N) is 1. The number of thiophene rings is 1. The van der Waals surface area contributed by atoms with E-state index in [0.29, 0.717) is 22.9 Å². The number of pyridine rings is 1. The number of nitrogen functional groups attached to an aromatic ring is 1. The van der Waals surface area contributed by atoms with Gasteiger partial charge in [0, 0.05) is 54.8 Å². The van der Waals surface area contributed by atoms with Crippen LogP contribution in [0, 0.1) is 23.0 Å². The van der Waals surface area contributed by atoms with Gasteiger partial charge in [0.2, 0.25) is 5.95 Å². The molecule has 0 spiro atoms. The van der Waals surface area contributed by atoms with Crippen molar-refractivity contribution in [3.63, 3.8) is 0 Å². The van der Waals surface area contributed by atoms with Crippen molar-refractivity contribution in [1.29, 1.82) is 5.26 Å². The molecule has 7 rings (SSSR count). The SMILES string of the molecule is N#Cc1c(N)sc2c(F)cnc(-c3c4c(c5cnc(N6CCC(N7CCOCC7)C6)nc5c3F)COC4)c12. The Bertz CT molecular complexity index is 1650. The lowest BCUT2D eigenvalue weighted by molar-refractivity contribution is 0.0209. The van der Waals surface area contributed by atoms with Gasteiger partial charge in [0.15, 0.2) is 11.6 Å². The molecule has 2 fully saturated rings. The van der Waals surface area contributed by atoms with Gasteiger partial charge < -0.3 is 20.1 Å². The van der Waals surface area contributed by atoms with Crippen LogP contribution in [0.15, 0.2) is 12.4 Å². The van der Waals surface area contributed by atoms with Crippen molar-refractivity contribution >= 4 is 43.3 Å². The molecule has 4 aromatic rings. The smallest absolute Gasteiger partial charge is 0.226 e. The van der Waals surface area contributed by atoms with Gasteiger partial charge in [-0.1, -0.05) is 0 Å². The number of halogens is 2. The minimum Gasteiger partial charge on any atom is -0.389 e. The second kappa shape index (κ2) is 9.06. The third-order valence-electron chi connectivity index (χ3n) is 7.74. The standard InChI is InChI=1S/C26H23F2N7O2S/c27-18-9-31-23(20-14(7-29)25(30)38-24(18)20)19-17-12-37-11-16(17)15-8-32-26(33-22(15)21(19)28)35-2-1-13(10-35)34-3-5-36-6-4-34/h8-9,13H,1-6,10-12,30H2. The van der Waals surface area contributed by atoms with Crippen molar-refractivity contribution in [2.45, 2.75) is 25.7 Å². The summed E-state index contributed by atoms with van der Waals surface area (Å²) in [6.07, 6.45) is 3.68. The van der Waals surface area contributed by atoms with Crippen LogP contribution in [0.4, 0.5) is 19.7 Å². The first-order valence-corrected chi connectivity index (χ1v) is 13.3. The number of aromatic nitrogens is 3. The van der Waals surface area contributed by atoms with Crippen molar-refractivity contribution in [2.24, 2.45) is 0 Å². The summed E-state index contributed by atoms with van der Waals surface area (Å²) in [4.78, 5) is 18.1. The highest BCUT2D eigenvalue weighted by molar-refractivity contribution is 7.23. The monoisotopic (exact) mass is 535 g/mol. The summed E-state index contributed by atoms with van der Waals surface area (Å²) in [5.41, 5.74) is 7.99. The molecule has 1 aromatic carbocycles. The number of nitriles is 1. The van der Waals surface area contributed by atoms with E-state index in [1.807, 2.05) is 6.07 Å². The Balaban J connectivity index is 1.37. The highest BCUT2D eigenvalue weighted by Crippen LogP contribution is 2.45.